The molecule has 0 radical (unpaired) electrons. The van der Waals surface area contributed by atoms with Gasteiger partial charge in [-0.15, -0.1) is 6.58 Å². The number of rotatable bonds is 18. The van der Waals surface area contributed by atoms with Crippen molar-refractivity contribution in [2.45, 2.75) is 96.0 Å². The number of carbonyl (C=O) groups excluding carboxylic acids is 2. The monoisotopic (exact) mass is 807 g/mol. The second kappa shape index (κ2) is 19.8. The number of oxime groups is 1. The van der Waals surface area contributed by atoms with E-state index < -0.39 is 35.5 Å². The molecule has 2 aliphatic carbocycles. The van der Waals surface area contributed by atoms with E-state index in [0.717, 1.165) is 36.8 Å². The number of amides is 2. The molecule has 0 bridgehead atoms. The Morgan fingerprint density at radius 3 is 2.41 bits per heavy atom. The minimum Gasteiger partial charge on any atom is -0.497 e. The van der Waals surface area contributed by atoms with Gasteiger partial charge in [0.1, 0.15) is 34.6 Å². The zero-order chi connectivity index (χ0) is 42.0. The molecule has 3 N–H and O–H groups in total. The Bertz CT molecular complexity index is 1810. The molecule has 6 atom stereocenters. The van der Waals surface area contributed by atoms with Gasteiger partial charge in [-0.25, -0.2) is 9.59 Å². The lowest BCUT2D eigenvalue weighted by Gasteiger charge is -2.59. The van der Waals surface area contributed by atoms with Gasteiger partial charge in [0.05, 0.1) is 44.8 Å². The molecule has 318 valence electrons. The number of hydrogen-bond acceptors (Lipinski definition) is 12. The predicted octanol–water partition coefficient (Wildman–Crippen LogP) is 7.84. The van der Waals surface area contributed by atoms with E-state index in [2.05, 4.69) is 18.0 Å². The van der Waals surface area contributed by atoms with Crippen LogP contribution < -0.4 is 24.3 Å². The third kappa shape index (κ3) is 9.90. The number of aliphatic hydroxyl groups excluding tert-OH is 2. The van der Waals surface area contributed by atoms with E-state index >= 15 is 0 Å². The van der Waals surface area contributed by atoms with Crippen molar-refractivity contribution < 1.29 is 53.1 Å². The van der Waals surface area contributed by atoms with Crippen LogP contribution in [0.1, 0.15) is 84.1 Å². The zero-order valence-corrected chi connectivity index (χ0v) is 35.0. The molecule has 0 unspecified atom stereocenters. The van der Waals surface area contributed by atoms with Crippen LogP contribution in [-0.4, -0.2) is 98.1 Å². The van der Waals surface area contributed by atoms with Crippen LogP contribution in [0, 0.1) is 17.8 Å². The summed E-state index contributed by atoms with van der Waals surface area (Å²) in [5.41, 5.74) is 2.15. The van der Waals surface area contributed by atoms with Gasteiger partial charge < -0.3 is 48.4 Å². The summed E-state index contributed by atoms with van der Waals surface area (Å²) in [5, 5.41) is 27.3. The fourth-order valence-electron chi connectivity index (χ4n) is 8.48. The number of fused-ring (bicyclic) bond motifs is 2. The molecule has 3 aliphatic rings. The predicted molar refractivity (Wildman–Crippen MR) is 220 cm³/mol. The maximum absolute atomic E-state index is 13.6. The SMILES string of the molecule is C=CCO[C@@]12Oc3ccc(OC(=O)Nc4ccc(OC)cc4OC)cc3[C@H]3[C@H](CCCCO)[C@@H](CCCCO)C=C(C(=NOC(C)(C)C)C[C@@H]1N(C)C(=O)OCC)[C@H]32. The molecule has 2 aromatic carbocycles. The van der Waals surface area contributed by atoms with Gasteiger partial charge in [-0.05, 0) is 101 Å². The maximum atomic E-state index is 13.6. The molecule has 1 fully saturated rings. The number of likely N-dealkylation sites (N-methyl/N-ethyl adjacent to an activating group) is 1. The smallest absolute Gasteiger partial charge is 0.417 e. The van der Waals surface area contributed by atoms with Gasteiger partial charge in [-0.1, -0.05) is 30.1 Å². The molecule has 1 saturated carbocycles. The van der Waals surface area contributed by atoms with E-state index in [1.165, 1.54) is 12.0 Å². The highest BCUT2D eigenvalue weighted by Crippen LogP contribution is 2.62. The van der Waals surface area contributed by atoms with Crippen molar-refractivity contribution in [2.75, 3.05) is 53.0 Å². The Labute approximate surface area is 342 Å². The summed E-state index contributed by atoms with van der Waals surface area (Å²) >= 11 is 0. The number of hydrogen-bond donors (Lipinski definition) is 3. The van der Waals surface area contributed by atoms with Gasteiger partial charge >= 0.3 is 12.2 Å². The molecule has 14 heteroatoms. The first-order chi connectivity index (χ1) is 27.8. The number of nitrogens with one attached hydrogen (secondary N) is 1. The summed E-state index contributed by atoms with van der Waals surface area (Å²) in [6.45, 7) is 11.9. The van der Waals surface area contributed by atoms with E-state index in [1.807, 2.05) is 26.8 Å². The van der Waals surface area contributed by atoms with Crippen molar-refractivity contribution in [1.29, 1.82) is 0 Å². The first-order valence-electron chi connectivity index (χ1n) is 20.2. The van der Waals surface area contributed by atoms with Gasteiger partial charge in [-0.3, -0.25) is 5.32 Å². The topological polar surface area (TPSA) is 167 Å². The maximum Gasteiger partial charge on any atom is 0.417 e. The average molecular weight is 808 g/mol. The summed E-state index contributed by atoms with van der Waals surface area (Å²) in [6.07, 6.45) is 7.25. The molecule has 0 aromatic heterocycles. The molecule has 0 spiro atoms. The first kappa shape index (κ1) is 44.3. The number of nitrogens with zero attached hydrogens (tertiary/aromatic N) is 2. The summed E-state index contributed by atoms with van der Waals surface area (Å²) in [6, 6.07) is 9.60. The van der Waals surface area contributed by atoms with Crippen LogP contribution in [0.25, 0.3) is 0 Å². The normalized spacial score (nSPS) is 24.0. The van der Waals surface area contributed by atoms with Crippen LogP contribution in [0.5, 0.6) is 23.0 Å². The number of methoxy groups -OCH3 is 2. The number of aliphatic hydroxyl groups is 2. The number of ether oxygens (including phenoxy) is 6. The van der Waals surface area contributed by atoms with Gasteiger partial charge in [0.2, 0.25) is 5.79 Å². The lowest BCUT2D eigenvalue weighted by Crippen LogP contribution is -2.69. The summed E-state index contributed by atoms with van der Waals surface area (Å²) in [7, 11) is 4.73. The molecule has 58 heavy (non-hydrogen) atoms. The van der Waals surface area contributed by atoms with Crippen molar-refractivity contribution in [2.24, 2.45) is 22.9 Å². The van der Waals surface area contributed by atoms with Crippen LogP contribution in [0.2, 0.25) is 0 Å². The van der Waals surface area contributed by atoms with Crippen molar-refractivity contribution in [1.82, 2.24) is 4.90 Å². The van der Waals surface area contributed by atoms with E-state index in [0.29, 0.717) is 41.5 Å². The van der Waals surface area contributed by atoms with E-state index in [1.54, 1.807) is 57.5 Å². The molecule has 1 heterocycles. The lowest BCUT2D eigenvalue weighted by atomic mass is 9.55. The quantitative estimate of drug-likeness (QED) is 0.0763. The minimum atomic E-state index is -1.43. The lowest BCUT2D eigenvalue weighted by molar-refractivity contribution is -0.253. The van der Waals surface area contributed by atoms with Crippen molar-refractivity contribution >= 4 is 23.6 Å². The number of anilines is 1. The molecule has 2 amide bonds. The van der Waals surface area contributed by atoms with Gasteiger partial charge in [0.15, 0.2) is 0 Å². The molecule has 5 rings (SSSR count). The molecule has 1 aliphatic heterocycles. The van der Waals surface area contributed by atoms with Crippen LogP contribution in [-0.2, 0) is 14.3 Å². The van der Waals surface area contributed by atoms with Crippen molar-refractivity contribution in [3.05, 3.63) is 66.3 Å². The number of allylic oxidation sites excluding steroid dienone is 1. The van der Waals surface area contributed by atoms with E-state index in [-0.39, 0.29) is 56.4 Å². The molecule has 0 saturated heterocycles. The highest BCUT2D eigenvalue weighted by Gasteiger charge is 2.65. The summed E-state index contributed by atoms with van der Waals surface area (Å²) < 4.78 is 36.2. The second-order valence-corrected chi connectivity index (χ2v) is 15.9. The standard InChI is InChI=1S/C44H61N3O11/c1-9-23-55-44-38(47(6)42(51)54-10-2)27-35(46-58-43(3,4)5)32-24-28(15-11-13-21-48)31(16-12-14-22-49)39(40(32)44)33-25-30(18-20-36(33)57-44)56-41(50)45-34-19-17-29(52-7)26-37(34)53-8/h9,17-20,24-26,28,31,38-40,48-49H,1,10-16,21-23,27H2,2-8H3,(H,45,50)/t28-,31+,38-,39+,40+,44+/m0/s1. The largest absolute Gasteiger partial charge is 0.497 e. The summed E-state index contributed by atoms with van der Waals surface area (Å²) in [4.78, 5) is 34.7. The number of carbonyl (C=O) groups is 2. The fourth-order valence-corrected chi connectivity index (χ4v) is 8.48. The van der Waals surface area contributed by atoms with Crippen LogP contribution in [0.3, 0.4) is 0 Å². The highest BCUT2D eigenvalue weighted by molar-refractivity contribution is 6.03. The Balaban J connectivity index is 1.70. The first-order valence-corrected chi connectivity index (χ1v) is 20.2. The fraction of sp³-hybridized carbons (Fsp3) is 0.568. The Hall–Kier alpha value is -4.79. The molecule has 14 nitrogen and oxygen atoms in total. The Kier molecular flexibility index (Phi) is 15.1. The Morgan fingerprint density at radius 2 is 1.76 bits per heavy atom. The molecule has 2 aromatic rings. The Morgan fingerprint density at radius 1 is 1.03 bits per heavy atom. The van der Waals surface area contributed by atoms with Crippen molar-refractivity contribution in [3.8, 4) is 23.0 Å². The third-order valence-corrected chi connectivity index (χ3v) is 11.0. The molecular weight excluding hydrogens is 746 g/mol. The van der Waals surface area contributed by atoms with Gasteiger partial charge in [-0.2, -0.15) is 0 Å². The average Bonchev–Trinajstić information content (AvgIpc) is 3.20. The molecular formula is C44H61N3O11. The second-order valence-electron chi connectivity index (χ2n) is 15.9. The third-order valence-electron chi connectivity index (χ3n) is 11.0. The number of unbranched alkanes of at least 4 members (excludes halogenated alkanes) is 2. The van der Waals surface area contributed by atoms with Crippen LogP contribution >= 0.6 is 0 Å². The van der Waals surface area contributed by atoms with Gasteiger partial charge in [0, 0.05) is 44.2 Å². The van der Waals surface area contributed by atoms with Gasteiger partial charge in [0.25, 0.3) is 0 Å². The van der Waals surface area contributed by atoms with Crippen LogP contribution in [0.4, 0.5) is 15.3 Å². The van der Waals surface area contributed by atoms with Crippen LogP contribution in [0.15, 0.2) is 65.9 Å². The number of benzene rings is 2. The highest BCUT2D eigenvalue weighted by atomic mass is 16.7. The summed E-state index contributed by atoms with van der Waals surface area (Å²) in [5.74, 6) is -0.484. The zero-order valence-electron chi connectivity index (χ0n) is 35.0. The van der Waals surface area contributed by atoms with Crippen molar-refractivity contribution in [3.63, 3.8) is 0 Å². The van der Waals surface area contributed by atoms with E-state index in [4.69, 9.17) is 38.4 Å². The van der Waals surface area contributed by atoms with E-state index in [9.17, 15) is 19.8 Å². The minimum absolute atomic E-state index is 0.0163.